The van der Waals surface area contributed by atoms with Crippen LogP contribution in [0.1, 0.15) is 0 Å². The molecule has 4 aromatic rings. The first-order chi connectivity index (χ1) is 13.2. The minimum atomic E-state index is 0.869. The van der Waals surface area contributed by atoms with Gasteiger partial charge in [-0.1, -0.05) is 15.9 Å². The second kappa shape index (κ2) is 6.45. The van der Waals surface area contributed by atoms with E-state index < -0.39 is 0 Å². The van der Waals surface area contributed by atoms with E-state index in [4.69, 9.17) is 0 Å². The lowest BCUT2D eigenvalue weighted by Gasteiger charge is -2.37. The molecule has 0 unspecified atom stereocenters. The van der Waals surface area contributed by atoms with E-state index in [1.54, 1.807) is 11.0 Å². The van der Waals surface area contributed by atoms with E-state index in [0.29, 0.717) is 0 Å². The Kier molecular flexibility index (Phi) is 3.93. The van der Waals surface area contributed by atoms with Crippen molar-refractivity contribution in [2.45, 2.75) is 0 Å². The average Bonchev–Trinajstić information content (AvgIpc) is 3.09. The van der Waals surface area contributed by atoms with E-state index >= 15 is 0 Å². The highest BCUT2D eigenvalue weighted by molar-refractivity contribution is 9.10. The molecule has 8 heteroatoms. The summed E-state index contributed by atoms with van der Waals surface area (Å²) in [5.41, 5.74) is 3.12. The minimum absolute atomic E-state index is 0.869. The van der Waals surface area contributed by atoms with Crippen molar-refractivity contribution in [3.8, 4) is 0 Å². The molecule has 1 aromatic carbocycles. The first-order valence-corrected chi connectivity index (χ1v) is 9.67. The van der Waals surface area contributed by atoms with Crippen LogP contribution in [0.4, 0.5) is 11.5 Å². The normalized spacial score (nSPS) is 15.0. The van der Waals surface area contributed by atoms with E-state index in [-0.39, 0.29) is 0 Å². The zero-order chi connectivity index (χ0) is 18.4. The molecule has 0 spiro atoms. The Morgan fingerprint density at radius 3 is 2.59 bits per heavy atom. The third-order valence-corrected chi connectivity index (χ3v) is 5.60. The van der Waals surface area contributed by atoms with Crippen molar-refractivity contribution in [2.75, 3.05) is 36.0 Å². The molecule has 1 aliphatic rings. The number of aryl methyl sites for hydroxylation is 1. The number of halogens is 1. The summed E-state index contributed by atoms with van der Waals surface area (Å²) in [5, 5.41) is 6.51. The highest BCUT2D eigenvalue weighted by Crippen LogP contribution is 2.29. The summed E-state index contributed by atoms with van der Waals surface area (Å²) < 4.78 is 2.84. The van der Waals surface area contributed by atoms with E-state index in [0.717, 1.165) is 53.0 Å². The monoisotopic (exact) mass is 423 g/mol. The molecule has 0 aliphatic carbocycles. The van der Waals surface area contributed by atoms with Gasteiger partial charge in [0.2, 0.25) is 0 Å². The van der Waals surface area contributed by atoms with Crippen molar-refractivity contribution >= 4 is 49.4 Å². The minimum Gasteiger partial charge on any atom is -0.367 e. The number of benzene rings is 1. The Morgan fingerprint density at radius 1 is 0.926 bits per heavy atom. The fourth-order valence-corrected chi connectivity index (χ4v) is 4.09. The van der Waals surface area contributed by atoms with Crippen molar-refractivity contribution in [2.24, 2.45) is 7.05 Å². The van der Waals surface area contributed by atoms with Gasteiger partial charge in [0.15, 0.2) is 5.65 Å². The molecule has 1 fully saturated rings. The molecule has 136 valence electrons. The van der Waals surface area contributed by atoms with Crippen LogP contribution >= 0.6 is 15.9 Å². The van der Waals surface area contributed by atoms with Crippen molar-refractivity contribution < 1.29 is 0 Å². The summed E-state index contributed by atoms with van der Waals surface area (Å²) in [4.78, 5) is 18.1. The van der Waals surface area contributed by atoms with Gasteiger partial charge in [-0.15, -0.1) is 0 Å². The Balaban J connectivity index is 1.42. The highest BCUT2D eigenvalue weighted by atomic mass is 79.9. The van der Waals surface area contributed by atoms with Crippen molar-refractivity contribution in [1.29, 1.82) is 0 Å². The van der Waals surface area contributed by atoms with Crippen molar-refractivity contribution in [3.63, 3.8) is 0 Å². The average molecular weight is 424 g/mol. The lowest BCUT2D eigenvalue weighted by Crippen LogP contribution is -2.47. The third kappa shape index (κ3) is 2.80. The number of rotatable bonds is 2. The maximum absolute atomic E-state index is 4.53. The molecule has 4 heterocycles. The summed E-state index contributed by atoms with van der Waals surface area (Å²) in [7, 11) is 1.91. The molecule has 0 N–H and O–H groups in total. The van der Waals surface area contributed by atoms with Crippen LogP contribution in [0.5, 0.6) is 0 Å². The Morgan fingerprint density at radius 2 is 1.74 bits per heavy atom. The van der Waals surface area contributed by atoms with Gasteiger partial charge in [-0.3, -0.25) is 9.67 Å². The number of pyridine rings is 1. The van der Waals surface area contributed by atoms with Crippen LogP contribution in [0.2, 0.25) is 0 Å². The molecule has 1 aliphatic heterocycles. The molecule has 27 heavy (non-hydrogen) atoms. The van der Waals surface area contributed by atoms with Gasteiger partial charge >= 0.3 is 0 Å². The third-order valence-electron chi connectivity index (χ3n) is 5.11. The van der Waals surface area contributed by atoms with Crippen LogP contribution in [-0.2, 0) is 7.05 Å². The number of fused-ring (bicyclic) bond motifs is 2. The Bertz CT molecular complexity index is 1130. The van der Waals surface area contributed by atoms with Crippen LogP contribution in [0.3, 0.4) is 0 Å². The predicted molar refractivity (Wildman–Crippen MR) is 110 cm³/mol. The van der Waals surface area contributed by atoms with Gasteiger partial charge in [-0.25, -0.2) is 9.97 Å². The number of aromatic nitrogens is 5. The lowest BCUT2D eigenvalue weighted by atomic mass is 10.1. The second-order valence-electron chi connectivity index (χ2n) is 6.67. The smallest absolute Gasteiger partial charge is 0.163 e. The van der Waals surface area contributed by atoms with Gasteiger partial charge in [0.1, 0.15) is 12.1 Å². The topological polar surface area (TPSA) is 63.0 Å². The number of hydrogen-bond donors (Lipinski definition) is 0. The first kappa shape index (κ1) is 16.4. The molecular formula is C19H18BrN7. The molecule has 1 saturated heterocycles. The van der Waals surface area contributed by atoms with Crippen LogP contribution in [0.25, 0.3) is 21.9 Å². The fourth-order valence-electron chi connectivity index (χ4n) is 3.74. The van der Waals surface area contributed by atoms with E-state index in [1.165, 1.54) is 11.1 Å². The number of hydrogen-bond acceptors (Lipinski definition) is 6. The van der Waals surface area contributed by atoms with E-state index in [1.807, 2.05) is 19.4 Å². The SMILES string of the molecule is Cn1ncc2c(N3CCN(c4ccnc5cc(Br)ccc45)CC3)ncnc21. The maximum atomic E-state index is 4.53. The van der Waals surface area contributed by atoms with Crippen LogP contribution < -0.4 is 9.80 Å². The molecule has 0 amide bonds. The zero-order valence-corrected chi connectivity index (χ0v) is 16.5. The highest BCUT2D eigenvalue weighted by Gasteiger charge is 2.22. The Hall–Kier alpha value is -2.74. The predicted octanol–water partition coefficient (Wildman–Crippen LogP) is 3.00. The van der Waals surface area contributed by atoms with Crippen LogP contribution in [-0.4, -0.2) is 50.9 Å². The van der Waals surface area contributed by atoms with E-state index in [2.05, 4.69) is 70.0 Å². The summed E-state index contributed by atoms with van der Waals surface area (Å²) in [6.45, 7) is 3.67. The molecule has 0 saturated carbocycles. The molecule has 0 radical (unpaired) electrons. The second-order valence-corrected chi connectivity index (χ2v) is 7.58. The van der Waals surface area contributed by atoms with Gasteiger partial charge in [0.05, 0.1) is 17.1 Å². The van der Waals surface area contributed by atoms with Crippen molar-refractivity contribution in [3.05, 3.63) is 47.5 Å². The van der Waals surface area contributed by atoms with E-state index in [9.17, 15) is 0 Å². The number of anilines is 2. The quantitative estimate of drug-likeness (QED) is 0.493. The molecule has 3 aromatic heterocycles. The molecule has 0 atom stereocenters. The number of nitrogens with zero attached hydrogens (tertiary/aromatic N) is 7. The van der Waals surface area contributed by atoms with Gasteiger partial charge in [0.25, 0.3) is 0 Å². The number of piperazine rings is 1. The van der Waals surface area contributed by atoms with Gasteiger partial charge in [-0.2, -0.15) is 5.10 Å². The van der Waals surface area contributed by atoms with Gasteiger partial charge in [-0.05, 0) is 24.3 Å². The summed E-state index contributed by atoms with van der Waals surface area (Å²) >= 11 is 3.53. The van der Waals surface area contributed by atoms with Crippen LogP contribution in [0, 0.1) is 0 Å². The largest absolute Gasteiger partial charge is 0.367 e. The van der Waals surface area contributed by atoms with Crippen molar-refractivity contribution in [1.82, 2.24) is 24.7 Å². The molecule has 7 nitrogen and oxygen atoms in total. The maximum Gasteiger partial charge on any atom is 0.163 e. The zero-order valence-electron chi connectivity index (χ0n) is 14.9. The Labute approximate surface area is 164 Å². The van der Waals surface area contributed by atoms with Gasteiger partial charge < -0.3 is 9.80 Å². The lowest BCUT2D eigenvalue weighted by molar-refractivity contribution is 0.650. The van der Waals surface area contributed by atoms with Gasteiger partial charge in [0, 0.05) is 55.0 Å². The molecule has 0 bridgehead atoms. The van der Waals surface area contributed by atoms with Crippen LogP contribution in [0.15, 0.2) is 47.5 Å². The standard InChI is InChI=1S/C19H18BrN7/c1-25-18-15(11-24-25)19(23-12-22-18)27-8-6-26(7-9-27)17-4-5-21-16-10-13(20)2-3-14(16)17/h2-5,10-12H,6-9H2,1H3. The first-order valence-electron chi connectivity index (χ1n) is 8.87. The molecular weight excluding hydrogens is 406 g/mol. The molecule has 5 rings (SSSR count). The summed E-state index contributed by atoms with van der Waals surface area (Å²) in [6, 6.07) is 8.38. The fraction of sp³-hybridized carbons (Fsp3) is 0.263. The summed E-state index contributed by atoms with van der Waals surface area (Å²) in [6.07, 6.45) is 5.37. The summed E-state index contributed by atoms with van der Waals surface area (Å²) in [5.74, 6) is 0.969.